The van der Waals surface area contributed by atoms with E-state index in [4.69, 9.17) is 16.3 Å². The lowest BCUT2D eigenvalue weighted by Gasteiger charge is -2.22. The van der Waals surface area contributed by atoms with Crippen molar-refractivity contribution in [2.45, 2.75) is 13.5 Å². The van der Waals surface area contributed by atoms with Crippen LogP contribution in [0, 0.1) is 0 Å². The van der Waals surface area contributed by atoms with E-state index in [2.05, 4.69) is 0 Å². The summed E-state index contributed by atoms with van der Waals surface area (Å²) in [5, 5.41) is 9.94. The van der Waals surface area contributed by atoms with Crippen LogP contribution in [0.5, 0.6) is 11.5 Å². The molecule has 0 saturated heterocycles. The summed E-state index contributed by atoms with van der Waals surface area (Å²) in [6.45, 7) is 3.62. The van der Waals surface area contributed by atoms with Gasteiger partial charge in [-0.05, 0) is 24.2 Å². The Morgan fingerprint density at radius 2 is 2.05 bits per heavy atom. The molecule has 1 aromatic carbocycles. The van der Waals surface area contributed by atoms with E-state index in [-0.39, 0.29) is 16.7 Å². The predicted molar refractivity (Wildman–Crippen MR) is 79.3 cm³/mol. The second-order valence-corrected chi connectivity index (χ2v) is 5.13. The van der Waals surface area contributed by atoms with Crippen LogP contribution in [0.4, 0.5) is 0 Å². The first-order chi connectivity index (χ1) is 9.38. The van der Waals surface area contributed by atoms with Gasteiger partial charge in [0.1, 0.15) is 0 Å². The quantitative estimate of drug-likeness (QED) is 0.872. The molecule has 0 atom stereocenters. The number of halogens is 1. The minimum absolute atomic E-state index is 0.0451. The fraction of sp³-hybridized carbons (Fsp3) is 0.500. The van der Waals surface area contributed by atoms with Crippen molar-refractivity contribution in [3.8, 4) is 11.5 Å². The van der Waals surface area contributed by atoms with Crippen LogP contribution in [-0.2, 0) is 11.3 Å². The second-order valence-electron chi connectivity index (χ2n) is 4.72. The van der Waals surface area contributed by atoms with Gasteiger partial charge in [-0.3, -0.25) is 9.69 Å². The molecule has 0 saturated carbocycles. The third kappa shape index (κ3) is 4.28. The molecule has 0 aromatic heterocycles. The van der Waals surface area contributed by atoms with Gasteiger partial charge in [0, 0.05) is 20.6 Å². The van der Waals surface area contributed by atoms with E-state index in [9.17, 15) is 9.90 Å². The molecule has 1 aromatic rings. The number of amides is 1. The Balaban J connectivity index is 2.85. The molecule has 0 bridgehead atoms. The summed E-state index contributed by atoms with van der Waals surface area (Å²) in [4.78, 5) is 15.3. The maximum atomic E-state index is 11.7. The van der Waals surface area contributed by atoms with Crippen molar-refractivity contribution in [1.82, 2.24) is 9.80 Å². The fourth-order valence-electron chi connectivity index (χ4n) is 1.74. The van der Waals surface area contributed by atoms with Gasteiger partial charge in [-0.2, -0.15) is 0 Å². The maximum absolute atomic E-state index is 11.7. The molecule has 0 spiro atoms. The molecule has 1 rings (SSSR count). The highest BCUT2D eigenvalue weighted by atomic mass is 35.5. The molecule has 0 aliphatic heterocycles. The number of carbonyl (C=O) groups is 1. The van der Waals surface area contributed by atoms with Crippen molar-refractivity contribution in [2.24, 2.45) is 0 Å². The molecule has 5 nitrogen and oxygen atoms in total. The first kappa shape index (κ1) is 16.6. The Morgan fingerprint density at radius 1 is 1.40 bits per heavy atom. The molecular formula is C14H21ClN2O3. The smallest absolute Gasteiger partial charge is 0.236 e. The normalized spacial score (nSPS) is 10.7. The van der Waals surface area contributed by atoms with Crippen LogP contribution in [0.2, 0.25) is 5.02 Å². The van der Waals surface area contributed by atoms with Crippen LogP contribution in [0.15, 0.2) is 12.1 Å². The topological polar surface area (TPSA) is 53.0 Å². The molecule has 0 aliphatic carbocycles. The van der Waals surface area contributed by atoms with Crippen molar-refractivity contribution in [3.05, 3.63) is 22.7 Å². The molecular weight excluding hydrogens is 280 g/mol. The molecule has 1 amide bonds. The van der Waals surface area contributed by atoms with E-state index in [0.29, 0.717) is 18.8 Å². The average Bonchev–Trinajstić information content (AvgIpc) is 2.41. The third-order valence-corrected chi connectivity index (χ3v) is 3.31. The number of carbonyl (C=O) groups excluding carboxylic acids is 1. The zero-order valence-corrected chi connectivity index (χ0v) is 13.1. The van der Waals surface area contributed by atoms with Crippen LogP contribution < -0.4 is 4.74 Å². The van der Waals surface area contributed by atoms with Gasteiger partial charge in [0.05, 0.1) is 18.7 Å². The molecule has 0 fully saturated rings. The molecule has 112 valence electrons. The Bertz CT molecular complexity index is 478. The zero-order chi connectivity index (χ0) is 15.3. The SMILES string of the molecule is CCN(CC(=O)N(C)C)Cc1cc(Cl)c(O)c(OC)c1. The van der Waals surface area contributed by atoms with Crippen LogP contribution in [0.25, 0.3) is 0 Å². The van der Waals surface area contributed by atoms with Crippen molar-refractivity contribution < 1.29 is 14.6 Å². The van der Waals surface area contributed by atoms with Gasteiger partial charge in [-0.25, -0.2) is 0 Å². The Kier molecular flexibility index (Phi) is 6.10. The molecule has 0 unspecified atom stereocenters. The largest absolute Gasteiger partial charge is 0.503 e. The summed E-state index contributed by atoms with van der Waals surface area (Å²) >= 11 is 5.96. The molecule has 1 N–H and O–H groups in total. The van der Waals surface area contributed by atoms with Gasteiger partial charge in [-0.15, -0.1) is 0 Å². The fourth-order valence-corrected chi connectivity index (χ4v) is 1.98. The molecule has 0 radical (unpaired) electrons. The maximum Gasteiger partial charge on any atom is 0.236 e. The second kappa shape index (κ2) is 7.36. The summed E-state index contributed by atoms with van der Waals surface area (Å²) in [6.07, 6.45) is 0. The molecule has 0 heterocycles. The Hall–Kier alpha value is -1.46. The van der Waals surface area contributed by atoms with Crippen LogP contribution >= 0.6 is 11.6 Å². The van der Waals surface area contributed by atoms with Gasteiger partial charge in [0.15, 0.2) is 11.5 Å². The number of nitrogens with zero attached hydrogens (tertiary/aromatic N) is 2. The molecule has 0 aliphatic rings. The molecule has 20 heavy (non-hydrogen) atoms. The van der Waals surface area contributed by atoms with Crippen molar-refractivity contribution in [1.29, 1.82) is 0 Å². The van der Waals surface area contributed by atoms with Crippen LogP contribution in [0.3, 0.4) is 0 Å². The number of benzene rings is 1. The van der Waals surface area contributed by atoms with E-state index < -0.39 is 0 Å². The summed E-state index contributed by atoms with van der Waals surface area (Å²) in [5.74, 6) is 0.316. The first-order valence-corrected chi connectivity index (χ1v) is 6.74. The lowest BCUT2D eigenvalue weighted by atomic mass is 10.2. The van der Waals surface area contributed by atoms with Crippen LogP contribution in [-0.4, -0.2) is 55.1 Å². The van der Waals surface area contributed by atoms with Crippen molar-refractivity contribution >= 4 is 17.5 Å². The van der Waals surface area contributed by atoms with Gasteiger partial charge in [-0.1, -0.05) is 18.5 Å². The number of hydrogen-bond acceptors (Lipinski definition) is 4. The Labute approximate surface area is 124 Å². The highest BCUT2D eigenvalue weighted by molar-refractivity contribution is 6.32. The molecule has 6 heteroatoms. The highest BCUT2D eigenvalue weighted by Crippen LogP contribution is 2.35. The number of phenols is 1. The van der Waals surface area contributed by atoms with Gasteiger partial charge >= 0.3 is 0 Å². The van der Waals surface area contributed by atoms with Crippen molar-refractivity contribution in [2.75, 3.05) is 34.3 Å². The summed E-state index contributed by atoms with van der Waals surface area (Å²) in [7, 11) is 4.94. The number of aromatic hydroxyl groups is 1. The minimum atomic E-state index is -0.0645. The Morgan fingerprint density at radius 3 is 2.55 bits per heavy atom. The number of rotatable bonds is 6. The monoisotopic (exact) mass is 300 g/mol. The standard InChI is InChI=1S/C14H21ClN2O3/c1-5-17(9-13(18)16(2)3)8-10-6-11(15)14(19)12(7-10)20-4/h6-7,19H,5,8-9H2,1-4H3. The summed E-state index contributed by atoms with van der Waals surface area (Å²) < 4.78 is 5.07. The minimum Gasteiger partial charge on any atom is -0.503 e. The lowest BCUT2D eigenvalue weighted by molar-refractivity contribution is -0.130. The highest BCUT2D eigenvalue weighted by Gasteiger charge is 2.14. The number of hydrogen-bond donors (Lipinski definition) is 1. The number of methoxy groups -OCH3 is 1. The van der Waals surface area contributed by atoms with E-state index >= 15 is 0 Å². The average molecular weight is 301 g/mol. The van der Waals surface area contributed by atoms with E-state index in [1.807, 2.05) is 11.8 Å². The first-order valence-electron chi connectivity index (χ1n) is 6.36. The summed E-state index contributed by atoms with van der Waals surface area (Å²) in [5.41, 5.74) is 0.887. The van der Waals surface area contributed by atoms with Crippen LogP contribution in [0.1, 0.15) is 12.5 Å². The van der Waals surface area contributed by atoms with Crippen molar-refractivity contribution in [3.63, 3.8) is 0 Å². The predicted octanol–water partition coefficient (Wildman–Crippen LogP) is 1.96. The summed E-state index contributed by atoms with van der Waals surface area (Å²) in [6, 6.07) is 3.41. The van der Waals surface area contributed by atoms with E-state index in [0.717, 1.165) is 12.1 Å². The number of likely N-dealkylation sites (N-methyl/N-ethyl adjacent to an activating group) is 2. The number of phenolic OH excluding ortho intramolecular Hbond substituents is 1. The lowest BCUT2D eigenvalue weighted by Crippen LogP contribution is -2.36. The van der Waals surface area contributed by atoms with Gasteiger partial charge in [0.25, 0.3) is 0 Å². The third-order valence-electron chi connectivity index (χ3n) is 3.02. The van der Waals surface area contributed by atoms with E-state index in [1.54, 1.807) is 31.1 Å². The number of ether oxygens (including phenoxy) is 1. The zero-order valence-electron chi connectivity index (χ0n) is 12.3. The van der Waals surface area contributed by atoms with Gasteiger partial charge < -0.3 is 14.7 Å². The van der Waals surface area contributed by atoms with E-state index in [1.165, 1.54) is 7.11 Å². The van der Waals surface area contributed by atoms with Gasteiger partial charge in [0.2, 0.25) is 5.91 Å².